The molecule has 5 aromatic carbocycles. The topological polar surface area (TPSA) is 3.24 Å². The van der Waals surface area contributed by atoms with Crippen LogP contribution >= 0.6 is 15.8 Å². The second-order valence-electron chi connectivity index (χ2n) is 9.16. The molecule has 37 heavy (non-hydrogen) atoms. The van der Waals surface area contributed by atoms with Crippen molar-refractivity contribution in [3.63, 3.8) is 0 Å². The third-order valence-electron chi connectivity index (χ3n) is 6.75. The van der Waals surface area contributed by atoms with Crippen LogP contribution in [0, 0.1) is 0 Å². The Labute approximate surface area is 224 Å². The van der Waals surface area contributed by atoms with Gasteiger partial charge in [-0.15, -0.1) is 0 Å². The summed E-state index contributed by atoms with van der Waals surface area (Å²) in [6.45, 7) is 2.38. The van der Waals surface area contributed by atoms with Crippen molar-refractivity contribution in [1.82, 2.24) is 4.90 Å². The van der Waals surface area contributed by atoms with E-state index in [9.17, 15) is 0 Å². The molecule has 1 atom stereocenters. The van der Waals surface area contributed by atoms with E-state index in [4.69, 9.17) is 0 Å². The zero-order chi connectivity index (χ0) is 25.3. The third kappa shape index (κ3) is 6.63. The van der Waals surface area contributed by atoms with Crippen LogP contribution in [0.15, 0.2) is 152 Å². The Kier molecular flexibility index (Phi) is 8.94. The van der Waals surface area contributed by atoms with Crippen molar-refractivity contribution in [2.75, 3.05) is 12.6 Å². The van der Waals surface area contributed by atoms with Gasteiger partial charge in [-0.2, -0.15) is 0 Å². The van der Waals surface area contributed by atoms with E-state index in [2.05, 4.69) is 163 Å². The Morgan fingerprint density at radius 2 is 0.703 bits per heavy atom. The summed E-state index contributed by atoms with van der Waals surface area (Å²) in [4.78, 5) is 2.74. The molecule has 0 aliphatic carbocycles. The Morgan fingerprint density at radius 3 is 1.00 bits per heavy atom. The van der Waals surface area contributed by atoms with Gasteiger partial charge in [-0.05, 0) is 49.5 Å². The van der Waals surface area contributed by atoms with E-state index in [0.29, 0.717) is 6.04 Å². The van der Waals surface area contributed by atoms with Gasteiger partial charge in [0.05, 0.1) is 0 Å². The molecule has 0 N–H and O–H groups in total. The van der Waals surface area contributed by atoms with Crippen LogP contribution in [0.25, 0.3) is 0 Å². The van der Waals surface area contributed by atoms with Gasteiger partial charge in [0.25, 0.3) is 0 Å². The Morgan fingerprint density at radius 1 is 0.432 bits per heavy atom. The lowest BCUT2D eigenvalue weighted by Crippen LogP contribution is -2.34. The van der Waals surface area contributed by atoms with Gasteiger partial charge >= 0.3 is 0 Å². The molecule has 0 amide bonds. The first kappa shape index (κ1) is 25.6. The summed E-state index contributed by atoms with van der Waals surface area (Å²) in [7, 11) is -1.09. The van der Waals surface area contributed by atoms with Crippen molar-refractivity contribution in [1.29, 1.82) is 0 Å². The fraction of sp³-hybridized carbons (Fsp3) is 0.118. The smallest absolute Gasteiger partial charge is 0.0327 e. The zero-order valence-electron chi connectivity index (χ0n) is 21.3. The van der Waals surface area contributed by atoms with Crippen molar-refractivity contribution in [3.05, 3.63) is 157 Å². The number of hydrogen-bond donors (Lipinski definition) is 0. The maximum Gasteiger partial charge on any atom is 0.0327 e. The molecule has 5 rings (SSSR count). The lowest BCUT2D eigenvalue weighted by atomic mass is 10.1. The Hall–Kier alpha value is -3.08. The van der Waals surface area contributed by atoms with Crippen LogP contribution in [0.3, 0.4) is 0 Å². The fourth-order valence-electron chi connectivity index (χ4n) is 4.65. The number of benzene rings is 5. The van der Waals surface area contributed by atoms with Gasteiger partial charge in [0, 0.05) is 18.6 Å². The van der Waals surface area contributed by atoms with E-state index < -0.39 is 15.8 Å². The zero-order valence-corrected chi connectivity index (χ0v) is 23.1. The highest BCUT2D eigenvalue weighted by Crippen LogP contribution is 2.42. The van der Waals surface area contributed by atoms with Crippen LogP contribution in [0.1, 0.15) is 18.5 Å². The van der Waals surface area contributed by atoms with Gasteiger partial charge in [0.1, 0.15) is 0 Å². The van der Waals surface area contributed by atoms with Gasteiger partial charge in [0.2, 0.25) is 0 Å². The lowest BCUT2D eigenvalue weighted by molar-refractivity contribution is 0.291. The van der Waals surface area contributed by atoms with Crippen molar-refractivity contribution < 1.29 is 0 Å². The fourth-order valence-corrected chi connectivity index (χ4v) is 9.60. The van der Waals surface area contributed by atoms with E-state index in [1.807, 2.05) is 0 Å². The Bertz CT molecular complexity index is 1170. The summed E-state index contributed by atoms with van der Waals surface area (Å²) in [5.41, 5.74) is 1.37. The molecule has 0 aliphatic rings. The summed E-state index contributed by atoms with van der Waals surface area (Å²) >= 11 is 0. The minimum atomic E-state index is -0.545. The van der Waals surface area contributed by atoms with Gasteiger partial charge < -0.3 is 0 Å². The van der Waals surface area contributed by atoms with Gasteiger partial charge in [-0.1, -0.05) is 152 Å². The van der Waals surface area contributed by atoms with Crippen molar-refractivity contribution in [3.8, 4) is 0 Å². The minimum absolute atomic E-state index is 0.302. The van der Waals surface area contributed by atoms with E-state index in [-0.39, 0.29) is 0 Å². The number of nitrogens with zero attached hydrogens (tertiary/aromatic N) is 1. The SMILES string of the molecule is C[C@H](c1ccccc1)N(CP(c1ccccc1)c1ccccc1)CP(c1ccccc1)c1ccccc1. The minimum Gasteiger partial charge on any atom is -0.287 e. The van der Waals surface area contributed by atoms with Gasteiger partial charge in [-0.25, -0.2) is 0 Å². The average Bonchev–Trinajstić information content (AvgIpc) is 2.99. The van der Waals surface area contributed by atoms with Crippen LogP contribution in [-0.2, 0) is 0 Å². The first-order valence-corrected chi connectivity index (χ1v) is 15.9. The van der Waals surface area contributed by atoms with Crippen LogP contribution in [-0.4, -0.2) is 17.5 Å². The summed E-state index contributed by atoms with van der Waals surface area (Å²) < 4.78 is 0. The standard InChI is InChI=1S/C34H33NP2/c1-29(30-17-7-2-8-18-30)35(27-36(31-19-9-3-10-20-31)32-21-11-4-12-22-32)28-37(33-23-13-5-14-24-33)34-25-15-6-16-26-34/h2-26,29H,27-28H2,1H3/t29-/m1/s1. The first-order chi connectivity index (χ1) is 18.3. The Balaban J connectivity index is 1.56. The van der Waals surface area contributed by atoms with E-state index in [1.165, 1.54) is 26.8 Å². The highest BCUT2D eigenvalue weighted by Gasteiger charge is 2.26. The molecular formula is C34H33NP2. The van der Waals surface area contributed by atoms with Crippen LogP contribution in [0.2, 0.25) is 0 Å². The van der Waals surface area contributed by atoms with Crippen LogP contribution < -0.4 is 21.2 Å². The van der Waals surface area contributed by atoms with Gasteiger partial charge in [0.15, 0.2) is 0 Å². The first-order valence-electron chi connectivity index (χ1n) is 12.8. The maximum atomic E-state index is 2.74. The normalized spacial score (nSPS) is 12.2. The second kappa shape index (κ2) is 12.9. The molecular weight excluding hydrogens is 484 g/mol. The van der Waals surface area contributed by atoms with Crippen LogP contribution in [0.4, 0.5) is 0 Å². The molecule has 184 valence electrons. The molecule has 0 bridgehead atoms. The molecule has 0 aliphatic heterocycles. The monoisotopic (exact) mass is 517 g/mol. The molecule has 0 unspecified atom stereocenters. The lowest BCUT2D eigenvalue weighted by Gasteiger charge is -2.36. The average molecular weight is 518 g/mol. The van der Waals surface area contributed by atoms with Crippen LogP contribution in [0.5, 0.6) is 0 Å². The molecule has 3 heteroatoms. The summed E-state index contributed by atoms with van der Waals surface area (Å²) in [5.74, 6) is 0. The molecule has 0 spiro atoms. The number of rotatable bonds is 10. The second-order valence-corrected chi connectivity index (χ2v) is 13.5. The quantitative estimate of drug-likeness (QED) is 0.177. The molecule has 0 heterocycles. The predicted molar refractivity (Wildman–Crippen MR) is 165 cm³/mol. The molecule has 0 fully saturated rings. The van der Waals surface area contributed by atoms with Crippen molar-refractivity contribution in [2.45, 2.75) is 13.0 Å². The molecule has 0 saturated carbocycles. The maximum absolute atomic E-state index is 2.74. The molecule has 1 nitrogen and oxygen atoms in total. The molecule has 5 aromatic rings. The van der Waals surface area contributed by atoms with Crippen molar-refractivity contribution in [2.24, 2.45) is 0 Å². The van der Waals surface area contributed by atoms with Crippen molar-refractivity contribution >= 4 is 37.1 Å². The van der Waals surface area contributed by atoms with E-state index in [1.54, 1.807) is 0 Å². The largest absolute Gasteiger partial charge is 0.287 e. The summed E-state index contributed by atoms with van der Waals surface area (Å²) in [6.07, 6.45) is 2.02. The summed E-state index contributed by atoms with van der Waals surface area (Å²) in [6, 6.07) is 55.7. The summed E-state index contributed by atoms with van der Waals surface area (Å²) in [5, 5.41) is 5.71. The predicted octanol–water partition coefficient (Wildman–Crippen LogP) is 7.23. The molecule has 0 radical (unpaired) electrons. The highest BCUT2D eigenvalue weighted by molar-refractivity contribution is 7.73. The highest BCUT2D eigenvalue weighted by atomic mass is 31.1. The van der Waals surface area contributed by atoms with E-state index in [0.717, 1.165) is 12.6 Å². The molecule has 0 aromatic heterocycles. The molecule has 0 saturated heterocycles. The van der Waals surface area contributed by atoms with Gasteiger partial charge in [-0.3, -0.25) is 4.90 Å². The third-order valence-corrected chi connectivity index (χ3v) is 11.7. The van der Waals surface area contributed by atoms with E-state index >= 15 is 0 Å². The number of hydrogen-bond acceptors (Lipinski definition) is 1.